The third-order valence-electron chi connectivity index (χ3n) is 2.83. The van der Waals surface area contributed by atoms with Crippen molar-refractivity contribution < 1.29 is 0 Å². The lowest BCUT2D eigenvalue weighted by molar-refractivity contribution is 0.362. The Morgan fingerprint density at radius 3 is 2.76 bits per heavy atom. The number of nitrogens with zero attached hydrogens (tertiary/aromatic N) is 1. The van der Waals surface area contributed by atoms with Crippen LogP contribution in [0.3, 0.4) is 0 Å². The second-order valence-corrected chi connectivity index (χ2v) is 4.95. The topological polar surface area (TPSA) is 27.3 Å². The predicted molar refractivity (Wildman–Crippen MR) is 76.9 cm³/mol. The van der Waals surface area contributed by atoms with E-state index in [2.05, 4.69) is 15.5 Å². The molecule has 0 spiro atoms. The molecule has 0 atom stereocenters. The summed E-state index contributed by atoms with van der Waals surface area (Å²) in [5.74, 6) is 0. The van der Waals surface area contributed by atoms with E-state index >= 15 is 0 Å². The van der Waals surface area contributed by atoms with E-state index in [4.69, 9.17) is 23.8 Å². The summed E-state index contributed by atoms with van der Waals surface area (Å²) in [6, 6.07) is 5.77. The molecule has 1 aliphatic heterocycles. The minimum absolute atomic E-state index is 0.751. The molecule has 1 aromatic carbocycles. The number of hydrogen-bond donors (Lipinski definition) is 2. The normalized spacial score (nSPS) is 15.8. The summed E-state index contributed by atoms with van der Waals surface area (Å²) < 4.78 is 0. The van der Waals surface area contributed by atoms with Gasteiger partial charge in [-0.2, -0.15) is 0 Å². The highest BCUT2D eigenvalue weighted by molar-refractivity contribution is 7.80. The van der Waals surface area contributed by atoms with Crippen LogP contribution in [0.4, 0.5) is 5.69 Å². The van der Waals surface area contributed by atoms with Gasteiger partial charge < -0.3 is 15.5 Å². The molecular weight excluding hydrogens is 254 g/mol. The molecule has 0 bridgehead atoms. The molecule has 5 heteroatoms. The van der Waals surface area contributed by atoms with Crippen molar-refractivity contribution in [1.29, 1.82) is 0 Å². The van der Waals surface area contributed by atoms with Crippen molar-refractivity contribution in [2.45, 2.75) is 6.92 Å². The van der Waals surface area contributed by atoms with Gasteiger partial charge in [0.2, 0.25) is 0 Å². The van der Waals surface area contributed by atoms with E-state index in [0.29, 0.717) is 0 Å². The molecule has 0 amide bonds. The van der Waals surface area contributed by atoms with Crippen molar-refractivity contribution in [1.82, 2.24) is 10.2 Å². The van der Waals surface area contributed by atoms with Crippen LogP contribution in [0, 0.1) is 6.92 Å². The van der Waals surface area contributed by atoms with Crippen LogP contribution >= 0.6 is 23.8 Å². The number of halogens is 1. The Labute approximate surface area is 112 Å². The number of hydrogen-bond acceptors (Lipinski definition) is 2. The van der Waals surface area contributed by atoms with Crippen molar-refractivity contribution in [3.8, 4) is 0 Å². The average molecular weight is 270 g/mol. The van der Waals surface area contributed by atoms with E-state index in [0.717, 1.165) is 47.6 Å². The molecule has 0 saturated carbocycles. The van der Waals surface area contributed by atoms with Gasteiger partial charge >= 0.3 is 0 Å². The van der Waals surface area contributed by atoms with Gasteiger partial charge in [0.05, 0.1) is 0 Å². The first-order chi connectivity index (χ1) is 8.16. The minimum atomic E-state index is 0.751. The first-order valence-electron chi connectivity index (χ1n) is 5.69. The highest BCUT2D eigenvalue weighted by Gasteiger charge is 2.13. The van der Waals surface area contributed by atoms with Crippen LogP contribution in [0.5, 0.6) is 0 Å². The SMILES string of the molecule is Cc1cc(Cl)ccc1NC(=S)N1CCNCC1. The number of piperazine rings is 1. The van der Waals surface area contributed by atoms with Crippen LogP contribution in [-0.4, -0.2) is 36.2 Å². The zero-order valence-electron chi connectivity index (χ0n) is 9.79. The lowest BCUT2D eigenvalue weighted by atomic mass is 10.2. The minimum Gasteiger partial charge on any atom is -0.346 e. The van der Waals surface area contributed by atoms with E-state index < -0.39 is 0 Å². The van der Waals surface area contributed by atoms with E-state index in [9.17, 15) is 0 Å². The van der Waals surface area contributed by atoms with Crippen molar-refractivity contribution >= 4 is 34.6 Å². The Hall–Kier alpha value is -0.840. The molecule has 2 N–H and O–H groups in total. The Bertz CT molecular complexity index is 416. The summed E-state index contributed by atoms with van der Waals surface area (Å²) in [5.41, 5.74) is 2.13. The number of nitrogens with one attached hydrogen (secondary N) is 2. The average Bonchev–Trinajstić information content (AvgIpc) is 2.34. The third kappa shape index (κ3) is 3.31. The van der Waals surface area contributed by atoms with E-state index in [1.54, 1.807) is 0 Å². The maximum Gasteiger partial charge on any atom is 0.173 e. The smallest absolute Gasteiger partial charge is 0.173 e. The van der Waals surface area contributed by atoms with Crippen LogP contribution in [0.1, 0.15) is 5.56 Å². The molecule has 0 unspecified atom stereocenters. The summed E-state index contributed by atoms with van der Waals surface area (Å²) in [4.78, 5) is 2.18. The van der Waals surface area contributed by atoms with Gasteiger partial charge in [0, 0.05) is 36.9 Å². The first-order valence-corrected chi connectivity index (χ1v) is 6.48. The van der Waals surface area contributed by atoms with Gasteiger partial charge in [-0.05, 0) is 42.9 Å². The molecule has 1 aliphatic rings. The largest absolute Gasteiger partial charge is 0.346 e. The van der Waals surface area contributed by atoms with Gasteiger partial charge in [-0.3, -0.25) is 0 Å². The van der Waals surface area contributed by atoms with Crippen LogP contribution in [0.15, 0.2) is 18.2 Å². The van der Waals surface area contributed by atoms with Gasteiger partial charge in [-0.1, -0.05) is 11.6 Å². The number of rotatable bonds is 1. The molecule has 0 aromatic heterocycles. The fourth-order valence-corrected chi connectivity index (χ4v) is 2.35. The standard InChI is InChI=1S/C12H16ClN3S/c1-9-8-10(13)2-3-11(9)15-12(17)16-6-4-14-5-7-16/h2-3,8,14H,4-7H2,1H3,(H,15,17). The Kier molecular flexibility index (Phi) is 4.20. The zero-order valence-corrected chi connectivity index (χ0v) is 11.4. The quantitative estimate of drug-likeness (QED) is 0.765. The highest BCUT2D eigenvalue weighted by Crippen LogP contribution is 2.20. The lowest BCUT2D eigenvalue weighted by Crippen LogP contribution is -2.47. The highest BCUT2D eigenvalue weighted by atomic mass is 35.5. The van der Waals surface area contributed by atoms with E-state index in [1.165, 1.54) is 0 Å². The molecule has 0 radical (unpaired) electrons. The summed E-state index contributed by atoms with van der Waals surface area (Å²) in [5, 5.41) is 8.12. The van der Waals surface area contributed by atoms with Crippen molar-refractivity contribution in [3.63, 3.8) is 0 Å². The molecule has 3 nitrogen and oxygen atoms in total. The Balaban J connectivity index is 2.02. The first kappa shape index (κ1) is 12.6. The molecule has 0 aliphatic carbocycles. The molecule has 17 heavy (non-hydrogen) atoms. The van der Waals surface area contributed by atoms with Gasteiger partial charge in [0.15, 0.2) is 5.11 Å². The maximum absolute atomic E-state index is 5.92. The van der Waals surface area contributed by atoms with Crippen LogP contribution in [-0.2, 0) is 0 Å². The maximum atomic E-state index is 5.92. The molecule has 92 valence electrons. The van der Waals surface area contributed by atoms with Crippen molar-refractivity contribution in [2.75, 3.05) is 31.5 Å². The predicted octanol–water partition coefficient (Wildman–Crippen LogP) is 2.25. The molecule has 1 saturated heterocycles. The van der Waals surface area contributed by atoms with Crippen LogP contribution < -0.4 is 10.6 Å². The van der Waals surface area contributed by atoms with Crippen LogP contribution in [0.2, 0.25) is 5.02 Å². The van der Waals surface area contributed by atoms with Crippen LogP contribution in [0.25, 0.3) is 0 Å². The Morgan fingerprint density at radius 1 is 1.41 bits per heavy atom. The summed E-state index contributed by atoms with van der Waals surface area (Å²) >= 11 is 11.3. The zero-order chi connectivity index (χ0) is 12.3. The molecule has 1 heterocycles. The van der Waals surface area contributed by atoms with Gasteiger partial charge in [0.1, 0.15) is 0 Å². The number of anilines is 1. The number of benzene rings is 1. The van der Waals surface area contributed by atoms with Crippen molar-refractivity contribution in [2.24, 2.45) is 0 Å². The molecule has 1 fully saturated rings. The van der Waals surface area contributed by atoms with Gasteiger partial charge in [0.25, 0.3) is 0 Å². The third-order valence-corrected chi connectivity index (χ3v) is 3.43. The fraction of sp³-hybridized carbons (Fsp3) is 0.417. The fourth-order valence-electron chi connectivity index (χ4n) is 1.83. The van der Waals surface area contributed by atoms with Crippen molar-refractivity contribution in [3.05, 3.63) is 28.8 Å². The van der Waals surface area contributed by atoms with E-state index in [-0.39, 0.29) is 0 Å². The molecule has 1 aromatic rings. The second kappa shape index (κ2) is 5.67. The summed E-state index contributed by atoms with van der Waals surface area (Å²) in [6.07, 6.45) is 0. The lowest BCUT2D eigenvalue weighted by Gasteiger charge is -2.30. The van der Waals surface area contributed by atoms with E-state index in [1.807, 2.05) is 25.1 Å². The van der Waals surface area contributed by atoms with Gasteiger partial charge in [-0.15, -0.1) is 0 Å². The monoisotopic (exact) mass is 269 g/mol. The molecule has 2 rings (SSSR count). The number of thiocarbonyl (C=S) groups is 1. The second-order valence-electron chi connectivity index (χ2n) is 4.13. The molecular formula is C12H16ClN3S. The summed E-state index contributed by atoms with van der Waals surface area (Å²) in [6.45, 7) is 5.91. The number of aryl methyl sites for hydroxylation is 1. The Morgan fingerprint density at radius 2 is 2.12 bits per heavy atom. The van der Waals surface area contributed by atoms with Gasteiger partial charge in [-0.25, -0.2) is 0 Å². The summed E-state index contributed by atoms with van der Waals surface area (Å²) in [7, 11) is 0.